The van der Waals surface area contributed by atoms with Crippen LogP contribution in [0, 0.1) is 0 Å². The molecule has 0 unspecified atom stereocenters. The molecule has 1 aliphatic rings. The minimum Gasteiger partial charge on any atom is -0.466 e. The lowest BCUT2D eigenvalue weighted by atomic mass is 9.77. The topological polar surface area (TPSA) is 65.7 Å². The minimum absolute atomic E-state index is 0.495. The van der Waals surface area contributed by atoms with E-state index >= 15 is 0 Å². The summed E-state index contributed by atoms with van der Waals surface area (Å²) in [7, 11) is 1.32. The van der Waals surface area contributed by atoms with E-state index in [0.29, 0.717) is 0 Å². The molecule has 6 heteroatoms. The van der Waals surface area contributed by atoms with E-state index in [0.717, 1.165) is 52.9 Å². The number of ether oxygens (including phenoxy) is 1. The molecule has 0 aliphatic heterocycles. The lowest BCUT2D eigenvalue weighted by Crippen LogP contribution is -2.38. The summed E-state index contributed by atoms with van der Waals surface area (Å²) in [4.78, 5) is 16.6. The van der Waals surface area contributed by atoms with Crippen LogP contribution in [0.15, 0.2) is 115 Å². The Morgan fingerprint density at radius 3 is 1.97 bits per heavy atom. The van der Waals surface area contributed by atoms with Crippen molar-refractivity contribution in [3.05, 3.63) is 137 Å². The highest BCUT2D eigenvalue weighted by molar-refractivity contribution is 6.02. The second kappa shape index (κ2) is 10.4. The molecule has 0 radical (unpaired) electrons. The average molecular weight is 478 g/mol. The molecule has 0 saturated carbocycles. The molecule has 6 nitrogen and oxygen atoms in total. The van der Waals surface area contributed by atoms with Crippen molar-refractivity contribution in [1.82, 2.24) is 9.78 Å². The molecule has 180 valence electrons. The van der Waals surface area contributed by atoms with Crippen molar-refractivity contribution in [2.75, 3.05) is 7.11 Å². The predicted molar refractivity (Wildman–Crippen MR) is 139 cm³/mol. The van der Waals surface area contributed by atoms with Gasteiger partial charge in [-0.2, -0.15) is 5.10 Å². The van der Waals surface area contributed by atoms with Crippen LogP contribution in [0.1, 0.15) is 40.8 Å². The van der Waals surface area contributed by atoms with Crippen molar-refractivity contribution < 1.29 is 14.4 Å². The molecule has 0 N–H and O–H groups in total. The third kappa shape index (κ3) is 4.33. The normalized spacial score (nSPS) is 14.5. The van der Waals surface area contributed by atoms with Gasteiger partial charge in [-0.1, -0.05) is 96.2 Å². The second-order valence-electron chi connectivity index (χ2n) is 8.57. The summed E-state index contributed by atoms with van der Waals surface area (Å²) in [5, 5.41) is 9.47. The highest BCUT2D eigenvalue weighted by Crippen LogP contribution is 2.41. The summed E-state index contributed by atoms with van der Waals surface area (Å²) in [6.07, 6.45) is 7.05. The minimum atomic E-state index is -0.683. The molecule has 1 heterocycles. The van der Waals surface area contributed by atoms with Crippen LogP contribution in [-0.2, 0) is 26.3 Å². The number of fused-ring (bicyclic) bond motifs is 1. The Balaban J connectivity index is 1.69. The monoisotopic (exact) mass is 477 g/mol. The van der Waals surface area contributed by atoms with Crippen LogP contribution in [0.4, 0.5) is 0 Å². The summed E-state index contributed by atoms with van der Waals surface area (Å²) in [5.41, 5.74) is 5.39. The van der Waals surface area contributed by atoms with Crippen molar-refractivity contribution in [3.8, 4) is 0 Å². The van der Waals surface area contributed by atoms with Crippen molar-refractivity contribution in [2.45, 2.75) is 24.8 Å². The number of benzene rings is 3. The van der Waals surface area contributed by atoms with Crippen molar-refractivity contribution in [1.29, 1.82) is 0 Å². The van der Waals surface area contributed by atoms with Gasteiger partial charge in [0.05, 0.1) is 24.6 Å². The number of aromatic nitrogens is 2. The first-order chi connectivity index (χ1) is 17.7. The van der Waals surface area contributed by atoms with E-state index in [9.17, 15) is 4.79 Å². The average Bonchev–Trinajstić information content (AvgIpc) is 3.38. The Hall–Kier alpha value is -4.45. The number of hydrogen-bond acceptors (Lipinski definition) is 5. The van der Waals surface area contributed by atoms with Gasteiger partial charge in [-0.05, 0) is 36.0 Å². The van der Waals surface area contributed by atoms with E-state index in [4.69, 9.17) is 9.94 Å². The van der Waals surface area contributed by atoms with Gasteiger partial charge in [-0.25, -0.2) is 4.79 Å². The molecule has 4 aromatic rings. The summed E-state index contributed by atoms with van der Waals surface area (Å²) in [6.45, 7) is 0. The Bertz CT molecular complexity index is 1280. The first kappa shape index (κ1) is 23.3. The fourth-order valence-electron chi connectivity index (χ4n) is 4.84. The van der Waals surface area contributed by atoms with Gasteiger partial charge < -0.3 is 9.57 Å². The largest absolute Gasteiger partial charge is 0.466 e. The van der Waals surface area contributed by atoms with Crippen LogP contribution in [0.25, 0.3) is 0 Å². The lowest BCUT2D eigenvalue weighted by molar-refractivity contribution is -0.135. The molecule has 0 atom stereocenters. The maximum atomic E-state index is 11.3. The van der Waals surface area contributed by atoms with Crippen LogP contribution >= 0.6 is 0 Å². The molecular weight excluding hydrogens is 450 g/mol. The number of carbonyl (C=O) groups is 1. The summed E-state index contributed by atoms with van der Waals surface area (Å²) in [6, 6.07) is 31.4. The third-order valence-electron chi connectivity index (χ3n) is 6.48. The molecule has 0 saturated heterocycles. The van der Waals surface area contributed by atoms with Crippen molar-refractivity contribution in [2.24, 2.45) is 5.16 Å². The maximum absolute atomic E-state index is 11.3. The van der Waals surface area contributed by atoms with E-state index in [1.165, 1.54) is 19.4 Å². The smallest absolute Gasteiger partial charge is 0.333 e. The SMILES string of the molecule is COC(=O)C=CO/N=C1/CCCc2nn(C(c3ccccc3)(c3ccccc3)c3ccccc3)cc21. The van der Waals surface area contributed by atoms with E-state index < -0.39 is 11.5 Å². The van der Waals surface area contributed by atoms with Gasteiger partial charge in [0.2, 0.25) is 0 Å². The lowest BCUT2D eigenvalue weighted by Gasteiger charge is -2.36. The Morgan fingerprint density at radius 1 is 0.889 bits per heavy atom. The fourth-order valence-corrected chi connectivity index (χ4v) is 4.84. The highest BCUT2D eigenvalue weighted by Gasteiger charge is 2.40. The molecule has 0 spiro atoms. The first-order valence-electron chi connectivity index (χ1n) is 12.0. The number of carbonyl (C=O) groups excluding carboxylic acids is 1. The molecule has 36 heavy (non-hydrogen) atoms. The second-order valence-corrected chi connectivity index (χ2v) is 8.57. The van der Waals surface area contributed by atoms with E-state index in [-0.39, 0.29) is 0 Å². The fraction of sp³-hybridized carbons (Fsp3) is 0.167. The van der Waals surface area contributed by atoms with Crippen LogP contribution in [0.3, 0.4) is 0 Å². The Labute approximate surface area is 210 Å². The zero-order valence-corrected chi connectivity index (χ0v) is 20.1. The van der Waals surface area contributed by atoms with Crippen LogP contribution in [-0.4, -0.2) is 28.6 Å². The van der Waals surface area contributed by atoms with Crippen LogP contribution in [0.2, 0.25) is 0 Å². The number of rotatable bonds is 7. The van der Waals surface area contributed by atoms with Gasteiger partial charge in [0.1, 0.15) is 11.8 Å². The molecule has 0 fully saturated rings. The van der Waals surface area contributed by atoms with Gasteiger partial charge >= 0.3 is 5.97 Å². The molecule has 0 bridgehead atoms. The van der Waals surface area contributed by atoms with Crippen molar-refractivity contribution in [3.63, 3.8) is 0 Å². The van der Waals surface area contributed by atoms with Gasteiger partial charge in [0, 0.05) is 11.8 Å². The number of oxime groups is 1. The van der Waals surface area contributed by atoms with Crippen molar-refractivity contribution >= 4 is 11.7 Å². The van der Waals surface area contributed by atoms with E-state index in [1.54, 1.807) is 0 Å². The molecule has 3 aromatic carbocycles. The molecule has 5 rings (SSSR count). The Kier molecular flexibility index (Phi) is 6.76. The van der Waals surface area contributed by atoms with Gasteiger partial charge in [0.15, 0.2) is 0 Å². The summed E-state index contributed by atoms with van der Waals surface area (Å²) >= 11 is 0. The quantitative estimate of drug-likeness (QED) is 0.116. The highest BCUT2D eigenvalue weighted by atomic mass is 16.6. The third-order valence-corrected chi connectivity index (χ3v) is 6.48. The van der Waals surface area contributed by atoms with Crippen LogP contribution in [0.5, 0.6) is 0 Å². The number of hydrogen-bond donors (Lipinski definition) is 0. The van der Waals surface area contributed by atoms with Crippen LogP contribution < -0.4 is 0 Å². The summed E-state index contributed by atoms with van der Waals surface area (Å²) < 4.78 is 6.67. The number of nitrogens with zero attached hydrogens (tertiary/aromatic N) is 3. The molecule has 1 aliphatic carbocycles. The van der Waals surface area contributed by atoms with E-state index in [2.05, 4.69) is 93.6 Å². The molecule has 1 aromatic heterocycles. The summed E-state index contributed by atoms with van der Waals surface area (Å²) in [5.74, 6) is -0.495. The number of methoxy groups -OCH3 is 1. The Morgan fingerprint density at radius 2 is 1.44 bits per heavy atom. The molecule has 0 amide bonds. The maximum Gasteiger partial charge on any atom is 0.333 e. The first-order valence-corrected chi connectivity index (χ1v) is 12.0. The van der Waals surface area contributed by atoms with Gasteiger partial charge in [-0.15, -0.1) is 0 Å². The molecular formula is C30H27N3O3. The number of aryl methyl sites for hydroxylation is 1. The zero-order valence-electron chi connectivity index (χ0n) is 20.1. The number of esters is 1. The predicted octanol–water partition coefficient (Wildman–Crippen LogP) is 5.47. The standard InChI is InChI=1S/C30H27N3O3/c1-35-29(34)20-21-36-32-28-19-11-18-27-26(28)22-33(31-27)30(23-12-5-2-6-13-23,24-14-7-3-8-15-24)25-16-9-4-10-17-25/h2-10,12-17,20-22H,11,18-19H2,1H3/b21-20?,32-28-. The van der Waals surface area contributed by atoms with Gasteiger partial charge in [-0.3, -0.25) is 4.68 Å². The van der Waals surface area contributed by atoms with Gasteiger partial charge in [0.25, 0.3) is 0 Å². The zero-order chi connectivity index (χ0) is 24.8. The van der Waals surface area contributed by atoms with E-state index in [1.807, 2.05) is 18.2 Å².